The third kappa shape index (κ3) is 5.14. The van der Waals surface area contributed by atoms with E-state index < -0.39 is 37.3 Å². The van der Waals surface area contributed by atoms with Crippen LogP contribution >= 0.6 is 0 Å². The fourth-order valence-electron chi connectivity index (χ4n) is 3.30. The summed E-state index contributed by atoms with van der Waals surface area (Å²) < 4.78 is 27.3. The summed E-state index contributed by atoms with van der Waals surface area (Å²) in [4.78, 5) is 0. The number of hydrogen-bond donors (Lipinski definition) is 4. The maximum atomic E-state index is 10.4. The Bertz CT molecular complexity index is 910. The fraction of sp³-hybridized carbons (Fsp3) is 0.391. The molecule has 9 heteroatoms. The fourth-order valence-corrected chi connectivity index (χ4v) is 3.30. The van der Waals surface area contributed by atoms with E-state index in [-0.39, 0.29) is 5.75 Å². The Balaban J connectivity index is 1.95. The Kier molecular flexibility index (Phi) is 7.94. The Hall–Kier alpha value is -2.82. The van der Waals surface area contributed by atoms with Crippen LogP contribution in [0.1, 0.15) is 11.1 Å². The normalized spacial score (nSPS) is 25.5. The van der Waals surface area contributed by atoms with Gasteiger partial charge in [-0.15, -0.1) is 0 Å². The van der Waals surface area contributed by atoms with Gasteiger partial charge in [0, 0.05) is 11.6 Å². The predicted molar refractivity (Wildman–Crippen MR) is 116 cm³/mol. The molecule has 174 valence electrons. The second-order valence-electron chi connectivity index (χ2n) is 7.17. The highest BCUT2D eigenvalue weighted by atomic mass is 16.7. The number of ether oxygens (including phenoxy) is 5. The molecule has 1 fully saturated rings. The zero-order valence-corrected chi connectivity index (χ0v) is 18.0. The van der Waals surface area contributed by atoms with Crippen LogP contribution < -0.4 is 18.9 Å². The summed E-state index contributed by atoms with van der Waals surface area (Å²) in [7, 11) is 4.56. The number of aliphatic hydroxyl groups is 4. The Labute approximate surface area is 186 Å². The first-order valence-corrected chi connectivity index (χ1v) is 9.97. The van der Waals surface area contributed by atoms with Crippen LogP contribution in [0, 0.1) is 0 Å². The van der Waals surface area contributed by atoms with E-state index in [1.165, 1.54) is 14.2 Å². The molecule has 0 bridgehead atoms. The summed E-state index contributed by atoms with van der Waals surface area (Å²) in [5.74, 6) is 1.77. The topological polar surface area (TPSA) is 127 Å². The van der Waals surface area contributed by atoms with Crippen molar-refractivity contribution in [2.75, 3.05) is 27.9 Å². The molecular weight excluding hydrogens is 420 g/mol. The van der Waals surface area contributed by atoms with Gasteiger partial charge in [0.1, 0.15) is 35.9 Å². The minimum absolute atomic E-state index is 0.224. The monoisotopic (exact) mass is 448 g/mol. The molecule has 1 saturated heterocycles. The second-order valence-corrected chi connectivity index (χ2v) is 7.17. The second kappa shape index (κ2) is 10.7. The van der Waals surface area contributed by atoms with Gasteiger partial charge in [0.05, 0.1) is 27.9 Å². The van der Waals surface area contributed by atoms with Gasteiger partial charge in [-0.2, -0.15) is 0 Å². The van der Waals surface area contributed by atoms with E-state index in [4.69, 9.17) is 23.7 Å². The highest BCUT2D eigenvalue weighted by Crippen LogP contribution is 2.39. The van der Waals surface area contributed by atoms with Crippen molar-refractivity contribution in [2.45, 2.75) is 30.7 Å². The molecule has 9 nitrogen and oxygen atoms in total. The van der Waals surface area contributed by atoms with Gasteiger partial charge in [0.15, 0.2) is 11.5 Å². The quantitative estimate of drug-likeness (QED) is 0.439. The van der Waals surface area contributed by atoms with Crippen molar-refractivity contribution in [1.29, 1.82) is 0 Å². The Morgan fingerprint density at radius 2 is 1.53 bits per heavy atom. The molecule has 4 N–H and O–H groups in total. The molecule has 2 aromatic rings. The van der Waals surface area contributed by atoms with E-state index in [1.54, 1.807) is 25.3 Å². The summed E-state index contributed by atoms with van der Waals surface area (Å²) in [5, 5.41) is 39.9. The van der Waals surface area contributed by atoms with Crippen LogP contribution in [0.4, 0.5) is 0 Å². The lowest BCUT2D eigenvalue weighted by Gasteiger charge is -2.39. The first kappa shape index (κ1) is 23.8. The van der Waals surface area contributed by atoms with Crippen LogP contribution in [0.5, 0.6) is 23.0 Å². The lowest BCUT2D eigenvalue weighted by atomic mass is 9.99. The van der Waals surface area contributed by atoms with Crippen LogP contribution in [0.2, 0.25) is 0 Å². The molecule has 0 unspecified atom stereocenters. The molecule has 0 aliphatic carbocycles. The molecular formula is C23H28O9. The summed E-state index contributed by atoms with van der Waals surface area (Å²) in [6.45, 7) is -0.561. The lowest BCUT2D eigenvalue weighted by Crippen LogP contribution is -2.60. The van der Waals surface area contributed by atoms with Gasteiger partial charge in [-0.25, -0.2) is 0 Å². The summed E-state index contributed by atoms with van der Waals surface area (Å²) in [6.07, 6.45) is -3.45. The van der Waals surface area contributed by atoms with Gasteiger partial charge in [-0.1, -0.05) is 24.3 Å². The molecule has 1 aliphatic rings. The number of benzene rings is 2. The van der Waals surface area contributed by atoms with Gasteiger partial charge in [0.2, 0.25) is 6.29 Å². The van der Waals surface area contributed by atoms with Crippen molar-refractivity contribution in [1.82, 2.24) is 0 Å². The number of aliphatic hydroxyl groups excluding tert-OH is 4. The molecule has 0 spiro atoms. The van der Waals surface area contributed by atoms with E-state index in [0.29, 0.717) is 17.1 Å². The average Bonchev–Trinajstić information content (AvgIpc) is 2.83. The van der Waals surface area contributed by atoms with Crippen molar-refractivity contribution >= 4 is 12.2 Å². The van der Waals surface area contributed by atoms with Crippen LogP contribution in [0.15, 0.2) is 36.4 Å². The molecule has 0 aromatic heterocycles. The number of rotatable bonds is 8. The summed E-state index contributed by atoms with van der Waals surface area (Å²) in [6, 6.07) is 10.7. The molecule has 1 heterocycles. The van der Waals surface area contributed by atoms with Crippen LogP contribution in [-0.4, -0.2) is 79.1 Å². The molecule has 0 radical (unpaired) electrons. The molecule has 0 saturated carbocycles. The third-order valence-corrected chi connectivity index (χ3v) is 5.17. The van der Waals surface area contributed by atoms with Gasteiger partial charge in [-0.05, 0) is 23.8 Å². The largest absolute Gasteiger partial charge is 0.497 e. The van der Waals surface area contributed by atoms with Gasteiger partial charge >= 0.3 is 0 Å². The molecule has 0 amide bonds. The highest BCUT2D eigenvalue weighted by Gasteiger charge is 2.45. The molecule has 2 aromatic carbocycles. The zero-order chi connectivity index (χ0) is 23.3. The zero-order valence-electron chi connectivity index (χ0n) is 18.0. The Morgan fingerprint density at radius 3 is 2.12 bits per heavy atom. The predicted octanol–water partition coefficient (Wildman–Crippen LogP) is 1.06. The Morgan fingerprint density at radius 1 is 0.844 bits per heavy atom. The molecule has 3 rings (SSSR count). The molecule has 5 atom stereocenters. The maximum Gasteiger partial charge on any atom is 0.229 e. The summed E-state index contributed by atoms with van der Waals surface area (Å²) in [5.41, 5.74) is 1.44. The van der Waals surface area contributed by atoms with Crippen LogP contribution in [0.3, 0.4) is 0 Å². The van der Waals surface area contributed by atoms with E-state index in [0.717, 1.165) is 11.3 Å². The molecule has 32 heavy (non-hydrogen) atoms. The van der Waals surface area contributed by atoms with Crippen molar-refractivity contribution < 1.29 is 44.1 Å². The first-order valence-electron chi connectivity index (χ1n) is 9.97. The van der Waals surface area contributed by atoms with E-state index >= 15 is 0 Å². The van der Waals surface area contributed by atoms with Gasteiger partial charge in [0.25, 0.3) is 0 Å². The van der Waals surface area contributed by atoms with E-state index in [2.05, 4.69) is 0 Å². The minimum atomic E-state index is -1.56. The minimum Gasteiger partial charge on any atom is -0.497 e. The lowest BCUT2D eigenvalue weighted by molar-refractivity contribution is -0.277. The SMILES string of the molecule is COc1ccc(/C=C/c2cc(OC)cc(OC)c2O[C@H]2O[C@H](CO)[C@H](O)[C@H](O)[C@H]2O)cc1. The first-order chi connectivity index (χ1) is 15.4. The van der Waals surface area contributed by atoms with Crippen molar-refractivity contribution in [3.05, 3.63) is 47.5 Å². The number of methoxy groups -OCH3 is 3. The number of hydrogen-bond acceptors (Lipinski definition) is 9. The van der Waals surface area contributed by atoms with E-state index in [1.807, 2.05) is 30.3 Å². The maximum absolute atomic E-state index is 10.4. The standard InChI is InChI=1S/C23H28O9/c1-28-15-8-5-13(6-9-15)4-7-14-10-16(29-2)11-17(30-3)22(14)32-23-21(27)20(26)19(25)18(12-24)31-23/h4-11,18-21,23-27H,12H2,1-3H3/b7-4+/t18-,19+,20+,21-,23-/m1/s1. The molecule has 1 aliphatic heterocycles. The summed E-state index contributed by atoms with van der Waals surface area (Å²) >= 11 is 0. The van der Waals surface area contributed by atoms with E-state index in [9.17, 15) is 20.4 Å². The van der Waals surface area contributed by atoms with Gasteiger partial charge in [-0.3, -0.25) is 0 Å². The average molecular weight is 448 g/mol. The van der Waals surface area contributed by atoms with Crippen LogP contribution in [-0.2, 0) is 4.74 Å². The third-order valence-electron chi connectivity index (χ3n) is 5.17. The van der Waals surface area contributed by atoms with Crippen molar-refractivity contribution in [3.63, 3.8) is 0 Å². The smallest absolute Gasteiger partial charge is 0.229 e. The highest BCUT2D eigenvalue weighted by molar-refractivity contribution is 5.75. The van der Waals surface area contributed by atoms with Crippen LogP contribution in [0.25, 0.3) is 12.2 Å². The van der Waals surface area contributed by atoms with Crippen molar-refractivity contribution in [2.24, 2.45) is 0 Å². The van der Waals surface area contributed by atoms with Gasteiger partial charge < -0.3 is 44.1 Å². The van der Waals surface area contributed by atoms with Crippen molar-refractivity contribution in [3.8, 4) is 23.0 Å².